The highest BCUT2D eigenvalue weighted by Gasteiger charge is 2.27. The molecule has 4 rings (SSSR count). The minimum absolute atomic E-state index is 0.0413. The van der Waals surface area contributed by atoms with Crippen LogP contribution >= 0.6 is 0 Å². The van der Waals surface area contributed by atoms with Gasteiger partial charge in [0.25, 0.3) is 5.56 Å². The fourth-order valence-corrected chi connectivity index (χ4v) is 4.71. The third-order valence-electron chi connectivity index (χ3n) is 4.56. The normalized spacial score (nSPS) is 17.7. The van der Waals surface area contributed by atoms with Crippen molar-refractivity contribution in [2.45, 2.75) is 29.4 Å². The van der Waals surface area contributed by atoms with Crippen LogP contribution in [0.15, 0.2) is 70.4 Å². The van der Waals surface area contributed by atoms with Gasteiger partial charge in [-0.3, -0.25) is 9.00 Å². The number of hydrogen-bond acceptors (Lipinski definition) is 3. The number of aromatic amines is 1. The smallest absolute Gasteiger partial charge is 0.254 e. The first-order valence-electron chi connectivity index (χ1n) is 8.35. The van der Waals surface area contributed by atoms with Gasteiger partial charge in [-0.1, -0.05) is 48.5 Å². The molecule has 2 unspecified atom stereocenters. The van der Waals surface area contributed by atoms with Gasteiger partial charge in [-0.25, -0.2) is 4.98 Å². The summed E-state index contributed by atoms with van der Waals surface area (Å²) in [5.74, 6) is 0.604. The maximum Gasteiger partial charge on any atom is 0.254 e. The maximum atomic E-state index is 12.8. The van der Waals surface area contributed by atoms with Crippen LogP contribution in [0.25, 0.3) is 11.4 Å². The first-order chi connectivity index (χ1) is 12.2. The molecule has 0 fully saturated rings. The Morgan fingerprint density at radius 3 is 2.40 bits per heavy atom. The molecule has 0 saturated heterocycles. The van der Waals surface area contributed by atoms with Crippen LogP contribution in [-0.2, 0) is 23.6 Å². The molecule has 0 radical (unpaired) electrons. The third-order valence-corrected chi connectivity index (χ3v) is 6.31. The number of nitrogens with zero attached hydrogens (tertiary/aromatic N) is 1. The second-order valence-corrected chi connectivity index (χ2v) is 7.91. The lowest BCUT2D eigenvalue weighted by Gasteiger charge is -2.23. The number of benzene rings is 2. The summed E-state index contributed by atoms with van der Waals surface area (Å²) in [7, 11) is -1.11. The molecule has 1 heterocycles. The summed E-state index contributed by atoms with van der Waals surface area (Å²) in [6.07, 6.45) is 1.97. The van der Waals surface area contributed by atoms with Gasteiger partial charge < -0.3 is 4.98 Å². The van der Waals surface area contributed by atoms with Crippen molar-refractivity contribution in [2.24, 2.45) is 0 Å². The van der Waals surface area contributed by atoms with E-state index in [-0.39, 0.29) is 10.8 Å². The van der Waals surface area contributed by atoms with Crippen molar-refractivity contribution in [3.05, 3.63) is 82.3 Å². The molecule has 1 aliphatic carbocycles. The fraction of sp³-hybridized carbons (Fsp3) is 0.200. The summed E-state index contributed by atoms with van der Waals surface area (Å²) in [5.41, 5.74) is 2.31. The van der Waals surface area contributed by atoms with Crippen LogP contribution < -0.4 is 5.56 Å². The minimum atomic E-state index is -1.11. The molecule has 1 aromatic heterocycles. The number of aromatic nitrogens is 2. The van der Waals surface area contributed by atoms with E-state index in [1.54, 1.807) is 0 Å². The Hall–Kier alpha value is -2.53. The number of fused-ring (bicyclic) bond motifs is 1. The lowest BCUT2D eigenvalue weighted by atomic mass is 9.96. The largest absolute Gasteiger partial charge is 0.306 e. The maximum absolute atomic E-state index is 12.8. The number of rotatable bonds is 3. The molecule has 0 amide bonds. The molecular weight excluding hydrogens is 332 g/mol. The Balaban J connectivity index is 1.64. The summed E-state index contributed by atoms with van der Waals surface area (Å²) in [6.45, 7) is 0. The average molecular weight is 350 g/mol. The Morgan fingerprint density at radius 2 is 1.68 bits per heavy atom. The SMILES string of the molecule is O=c1[nH]c(-c2ccccc2)nc2c1CC(S(=O)c1ccccc1)CC2. The topological polar surface area (TPSA) is 62.8 Å². The zero-order valence-corrected chi connectivity index (χ0v) is 14.5. The van der Waals surface area contributed by atoms with Crippen LogP contribution in [0.5, 0.6) is 0 Å². The Morgan fingerprint density at radius 1 is 1.00 bits per heavy atom. The standard InChI is InChI=1S/C20H18N2O2S/c23-20-17-13-16(25(24)15-9-5-2-6-10-15)11-12-18(17)21-19(22-20)14-7-3-1-4-8-14/h1-10,16H,11-13H2,(H,21,22,23). The number of H-pyrrole nitrogens is 1. The van der Waals surface area contributed by atoms with Gasteiger partial charge in [0.15, 0.2) is 0 Å². The van der Waals surface area contributed by atoms with Crippen LogP contribution in [0.2, 0.25) is 0 Å². The lowest BCUT2D eigenvalue weighted by Crippen LogP contribution is -2.31. The third kappa shape index (κ3) is 3.20. The second kappa shape index (κ2) is 6.76. The summed E-state index contributed by atoms with van der Waals surface area (Å²) in [5, 5.41) is -0.0413. The molecule has 5 heteroatoms. The predicted molar refractivity (Wildman–Crippen MR) is 99.0 cm³/mol. The highest BCUT2D eigenvalue weighted by atomic mass is 32.2. The van der Waals surface area contributed by atoms with Crippen LogP contribution in [0, 0.1) is 0 Å². The molecule has 3 aromatic rings. The molecule has 1 aliphatic rings. The second-order valence-electron chi connectivity index (χ2n) is 6.18. The molecule has 4 nitrogen and oxygen atoms in total. The summed E-state index contributed by atoms with van der Waals surface area (Å²) >= 11 is 0. The molecule has 25 heavy (non-hydrogen) atoms. The van der Waals surface area contributed by atoms with Crippen molar-refractivity contribution < 1.29 is 4.21 Å². The molecule has 0 spiro atoms. The predicted octanol–water partition coefficient (Wildman–Crippen LogP) is 3.10. The van der Waals surface area contributed by atoms with E-state index in [9.17, 15) is 9.00 Å². The van der Waals surface area contributed by atoms with Crippen LogP contribution in [0.1, 0.15) is 17.7 Å². The van der Waals surface area contributed by atoms with Crippen LogP contribution in [0.3, 0.4) is 0 Å². The van der Waals surface area contributed by atoms with E-state index < -0.39 is 10.8 Å². The average Bonchev–Trinajstić information content (AvgIpc) is 2.68. The van der Waals surface area contributed by atoms with E-state index in [4.69, 9.17) is 0 Å². The van der Waals surface area contributed by atoms with Crippen molar-refractivity contribution in [2.75, 3.05) is 0 Å². The van der Waals surface area contributed by atoms with E-state index >= 15 is 0 Å². The Labute approximate surface area is 148 Å². The molecule has 126 valence electrons. The number of hydrogen-bond donors (Lipinski definition) is 1. The highest BCUT2D eigenvalue weighted by Crippen LogP contribution is 2.25. The van der Waals surface area contributed by atoms with E-state index in [1.165, 1.54) is 0 Å². The van der Waals surface area contributed by atoms with Gasteiger partial charge in [0.2, 0.25) is 0 Å². The summed E-state index contributed by atoms with van der Waals surface area (Å²) in [4.78, 5) is 20.9. The Bertz CT molecular complexity index is 968. The lowest BCUT2D eigenvalue weighted by molar-refractivity contribution is 0.626. The molecule has 2 atom stereocenters. The van der Waals surface area contributed by atoms with Crippen molar-refractivity contribution in [3.8, 4) is 11.4 Å². The number of aryl methyl sites for hydroxylation is 1. The van der Waals surface area contributed by atoms with E-state index in [2.05, 4.69) is 9.97 Å². The number of nitrogens with one attached hydrogen (secondary N) is 1. The van der Waals surface area contributed by atoms with Gasteiger partial charge in [-0.05, 0) is 31.4 Å². The van der Waals surface area contributed by atoms with Gasteiger partial charge in [0, 0.05) is 21.3 Å². The van der Waals surface area contributed by atoms with E-state index in [0.29, 0.717) is 24.2 Å². The van der Waals surface area contributed by atoms with Crippen molar-refractivity contribution in [1.29, 1.82) is 0 Å². The van der Waals surface area contributed by atoms with Crippen LogP contribution in [0.4, 0.5) is 0 Å². The minimum Gasteiger partial charge on any atom is -0.306 e. The van der Waals surface area contributed by atoms with Crippen LogP contribution in [-0.4, -0.2) is 19.4 Å². The van der Waals surface area contributed by atoms with Gasteiger partial charge in [-0.15, -0.1) is 0 Å². The van der Waals surface area contributed by atoms with E-state index in [1.807, 2.05) is 60.7 Å². The molecule has 0 bridgehead atoms. The van der Waals surface area contributed by atoms with Gasteiger partial charge in [-0.2, -0.15) is 0 Å². The first kappa shape index (κ1) is 16.0. The fourth-order valence-electron chi connectivity index (χ4n) is 3.25. The van der Waals surface area contributed by atoms with Crippen molar-refractivity contribution in [1.82, 2.24) is 9.97 Å². The van der Waals surface area contributed by atoms with Gasteiger partial charge >= 0.3 is 0 Å². The summed E-state index contributed by atoms with van der Waals surface area (Å²) < 4.78 is 12.8. The molecule has 2 aromatic carbocycles. The highest BCUT2D eigenvalue weighted by molar-refractivity contribution is 7.85. The monoisotopic (exact) mass is 350 g/mol. The molecule has 1 N–H and O–H groups in total. The zero-order chi connectivity index (χ0) is 17.2. The molecule has 0 saturated carbocycles. The van der Waals surface area contributed by atoms with Gasteiger partial charge in [0.05, 0.1) is 16.5 Å². The molecular formula is C20H18N2O2S. The summed E-state index contributed by atoms with van der Waals surface area (Å²) in [6, 6.07) is 19.1. The van der Waals surface area contributed by atoms with Gasteiger partial charge in [0.1, 0.15) is 5.82 Å². The zero-order valence-electron chi connectivity index (χ0n) is 13.6. The van der Waals surface area contributed by atoms with Crippen molar-refractivity contribution >= 4 is 10.8 Å². The molecule has 0 aliphatic heterocycles. The van der Waals surface area contributed by atoms with E-state index in [0.717, 1.165) is 22.6 Å². The van der Waals surface area contributed by atoms with Crippen molar-refractivity contribution in [3.63, 3.8) is 0 Å². The first-order valence-corrected chi connectivity index (χ1v) is 9.57. The quantitative estimate of drug-likeness (QED) is 0.789. The Kier molecular flexibility index (Phi) is 4.32.